The van der Waals surface area contributed by atoms with Crippen molar-refractivity contribution in [3.8, 4) is 0 Å². The van der Waals surface area contributed by atoms with E-state index in [1.165, 1.54) is 48.8 Å². The molecule has 2 saturated carbocycles. The van der Waals surface area contributed by atoms with Crippen LogP contribution in [0.15, 0.2) is 85.2 Å². The minimum Gasteiger partial charge on any atom is -0.444 e. The zero-order valence-corrected chi connectivity index (χ0v) is 52.1. The van der Waals surface area contributed by atoms with Gasteiger partial charge in [0.25, 0.3) is 23.6 Å². The van der Waals surface area contributed by atoms with Gasteiger partial charge >= 0.3 is 6.09 Å². The molecule has 2 aliphatic carbocycles. The van der Waals surface area contributed by atoms with Crippen molar-refractivity contribution in [3.63, 3.8) is 0 Å². The molecule has 6 heterocycles. The fourth-order valence-electron chi connectivity index (χ4n) is 12.0. The third-order valence-corrected chi connectivity index (χ3v) is 17.3. The van der Waals surface area contributed by atoms with E-state index in [9.17, 15) is 32.8 Å². The van der Waals surface area contributed by atoms with Gasteiger partial charge in [0.1, 0.15) is 28.9 Å². The van der Waals surface area contributed by atoms with Crippen molar-refractivity contribution in [3.05, 3.63) is 142 Å². The molecule has 4 aliphatic heterocycles. The van der Waals surface area contributed by atoms with E-state index in [1.54, 1.807) is 71.9 Å². The number of benzene rings is 4. The molecule has 2 aromatic heterocycles. The molecule has 492 valence electrons. The lowest BCUT2D eigenvalue weighted by atomic mass is 10.0. The topological polar surface area (TPSA) is 327 Å². The highest BCUT2D eigenvalue weighted by atomic mass is 19.1. The van der Waals surface area contributed by atoms with Gasteiger partial charge in [-0.3, -0.25) is 19.2 Å². The first-order chi connectivity index (χ1) is 44.5. The van der Waals surface area contributed by atoms with Crippen LogP contribution >= 0.6 is 0 Å². The van der Waals surface area contributed by atoms with Crippen LogP contribution in [0.1, 0.15) is 137 Å². The number of halogens is 4. The summed E-state index contributed by atoms with van der Waals surface area (Å²) in [6.07, 6.45) is 7.50. The van der Waals surface area contributed by atoms with Gasteiger partial charge in [-0.1, -0.05) is 12.1 Å². The number of hydrogen-bond acceptors (Lipinski definition) is 19. The van der Waals surface area contributed by atoms with E-state index in [1.807, 2.05) is 9.80 Å². The zero-order chi connectivity index (χ0) is 65.8. The maximum absolute atomic E-state index is 15.5. The summed E-state index contributed by atoms with van der Waals surface area (Å²) in [7, 11) is 0. The predicted molar refractivity (Wildman–Crippen MR) is 344 cm³/mol. The Kier molecular flexibility index (Phi) is 19.5. The third kappa shape index (κ3) is 15.6. The summed E-state index contributed by atoms with van der Waals surface area (Å²) in [5.74, 6) is -3.33. The number of aromatic nitrogens is 4. The molecule has 13 N–H and O–H groups in total. The molecule has 6 fully saturated rings. The quantitative estimate of drug-likeness (QED) is 0.0451. The van der Waals surface area contributed by atoms with Gasteiger partial charge < -0.3 is 78.8 Å². The van der Waals surface area contributed by atoms with Crippen molar-refractivity contribution in [2.75, 3.05) is 95.7 Å². The second kappa shape index (κ2) is 27.8. The maximum Gasteiger partial charge on any atom is 0.410 e. The number of ether oxygens (including phenoxy) is 1. The van der Waals surface area contributed by atoms with E-state index in [2.05, 4.69) is 46.5 Å². The Bertz CT molecular complexity index is 3780. The Balaban J connectivity index is 0.000000192. The molecule has 0 radical (unpaired) electrons. The molecule has 4 aromatic carbocycles. The monoisotopic (exact) mass is 1280 g/mol. The Morgan fingerprint density at radius 2 is 0.978 bits per heavy atom. The summed E-state index contributed by atoms with van der Waals surface area (Å²) in [4.78, 5) is 89.5. The van der Waals surface area contributed by atoms with Crippen LogP contribution in [0.5, 0.6) is 0 Å². The van der Waals surface area contributed by atoms with Gasteiger partial charge in [-0.05, 0) is 156 Å². The SMILES string of the molecule is CC(C)(C)OC(=O)N1CCN(c2ccc(Nc3nc(N4CCC[C@@H](NC(=O)c5ccc(C6CC6)cc5F)[C@H]4N)cnc3C(N)=O)cc2F)CC1.NC(=O)c1ncc(N2CCC[C@@H](NC(=O)c3ccc(C4CC4)cc3F)[C@H]2N)nc1Nc1ccc(N2CCNCC2)c(F)c1. The van der Waals surface area contributed by atoms with Crippen molar-refractivity contribution >= 4 is 75.7 Å². The van der Waals surface area contributed by atoms with E-state index in [0.29, 0.717) is 124 Å². The lowest BCUT2D eigenvalue weighted by Gasteiger charge is -2.40. The highest BCUT2D eigenvalue weighted by molar-refractivity contribution is 5.98. The van der Waals surface area contributed by atoms with Crippen LogP contribution in [0.2, 0.25) is 0 Å². The minimum atomic E-state index is -0.839. The smallest absolute Gasteiger partial charge is 0.410 e. The summed E-state index contributed by atoms with van der Waals surface area (Å²) in [6, 6.07) is 17.7. The molecule has 6 aromatic rings. The van der Waals surface area contributed by atoms with E-state index < -0.39 is 83.0 Å². The number of piperazine rings is 2. The molecule has 24 nitrogen and oxygen atoms in total. The van der Waals surface area contributed by atoms with E-state index >= 15 is 8.78 Å². The second-order valence-electron chi connectivity index (χ2n) is 25.2. The highest BCUT2D eigenvalue weighted by Crippen LogP contribution is 2.42. The predicted octanol–water partition coefficient (Wildman–Crippen LogP) is 6.78. The lowest BCUT2D eigenvalue weighted by Crippen LogP contribution is -2.60. The Labute approximate surface area is 535 Å². The number of carbonyl (C=O) groups is 5. The number of nitrogens with zero attached hydrogens (tertiary/aromatic N) is 9. The molecule has 6 aliphatic rings. The Morgan fingerprint density at radius 3 is 1.37 bits per heavy atom. The van der Waals surface area contributed by atoms with Crippen LogP contribution in [-0.4, -0.2) is 150 Å². The van der Waals surface area contributed by atoms with Gasteiger partial charge in [0, 0.05) is 76.8 Å². The largest absolute Gasteiger partial charge is 0.444 e. The molecule has 0 spiro atoms. The summed E-state index contributed by atoms with van der Waals surface area (Å²) in [5.41, 5.74) is 26.7. The van der Waals surface area contributed by atoms with E-state index in [-0.39, 0.29) is 34.2 Å². The number of nitrogens with two attached hydrogens (primary N) is 4. The average Bonchev–Trinajstić information content (AvgIpc) is 1.23. The number of anilines is 8. The molecular formula is C65H78F4N18O6. The van der Waals surface area contributed by atoms with Crippen molar-refractivity contribution in [1.29, 1.82) is 0 Å². The van der Waals surface area contributed by atoms with Crippen LogP contribution in [0.4, 0.5) is 68.4 Å². The first kappa shape index (κ1) is 65.1. The zero-order valence-electron chi connectivity index (χ0n) is 52.1. The van der Waals surface area contributed by atoms with Gasteiger partial charge in [0.15, 0.2) is 34.7 Å². The van der Waals surface area contributed by atoms with Crippen LogP contribution in [-0.2, 0) is 4.74 Å². The molecular weight excluding hydrogens is 1200 g/mol. The first-order valence-electron chi connectivity index (χ1n) is 31.5. The highest BCUT2D eigenvalue weighted by Gasteiger charge is 2.36. The number of rotatable bonds is 16. The lowest BCUT2D eigenvalue weighted by molar-refractivity contribution is 0.0240. The normalized spacial score (nSPS) is 20.0. The minimum absolute atomic E-state index is 0.00399. The fourth-order valence-corrected chi connectivity index (χ4v) is 12.0. The summed E-state index contributed by atoms with van der Waals surface area (Å²) in [5, 5.41) is 15.0. The number of piperidine rings is 2. The third-order valence-electron chi connectivity index (χ3n) is 17.3. The fraction of sp³-hybridized carbons (Fsp3) is 0.431. The summed E-state index contributed by atoms with van der Waals surface area (Å²) in [6.45, 7) is 10.9. The first-order valence-corrected chi connectivity index (χ1v) is 31.5. The van der Waals surface area contributed by atoms with Crippen molar-refractivity contribution < 1.29 is 46.3 Å². The molecule has 28 heteroatoms. The maximum atomic E-state index is 15.5. The van der Waals surface area contributed by atoms with Crippen LogP contribution in [0.25, 0.3) is 0 Å². The van der Waals surface area contributed by atoms with Gasteiger partial charge in [0.2, 0.25) is 0 Å². The van der Waals surface area contributed by atoms with Crippen molar-refractivity contribution in [1.82, 2.24) is 40.8 Å². The van der Waals surface area contributed by atoms with Crippen LogP contribution < -0.4 is 69.1 Å². The number of carbonyl (C=O) groups excluding carboxylic acids is 5. The van der Waals surface area contributed by atoms with Crippen LogP contribution in [0, 0.1) is 23.3 Å². The van der Waals surface area contributed by atoms with Gasteiger partial charge in [0.05, 0.1) is 59.3 Å². The number of amides is 5. The molecule has 4 saturated heterocycles. The molecule has 93 heavy (non-hydrogen) atoms. The molecule has 0 unspecified atom stereocenters. The molecule has 5 amide bonds. The van der Waals surface area contributed by atoms with Crippen molar-refractivity contribution in [2.45, 2.75) is 114 Å². The van der Waals surface area contributed by atoms with Gasteiger partial charge in [-0.25, -0.2) is 42.3 Å². The van der Waals surface area contributed by atoms with E-state index in [4.69, 9.17) is 27.7 Å². The Hall–Kier alpha value is -9.41. The van der Waals surface area contributed by atoms with Crippen molar-refractivity contribution in [2.24, 2.45) is 22.9 Å². The second-order valence-corrected chi connectivity index (χ2v) is 25.2. The molecule has 12 rings (SSSR count). The van der Waals surface area contributed by atoms with Gasteiger partial charge in [-0.2, -0.15) is 0 Å². The van der Waals surface area contributed by atoms with E-state index in [0.717, 1.165) is 49.9 Å². The number of nitrogens with one attached hydrogen (secondary N) is 5. The van der Waals surface area contributed by atoms with Gasteiger partial charge in [-0.15, -0.1) is 0 Å². The Morgan fingerprint density at radius 1 is 0.548 bits per heavy atom. The van der Waals surface area contributed by atoms with Crippen LogP contribution in [0.3, 0.4) is 0 Å². The number of primary amides is 2. The molecule has 0 bridgehead atoms. The summed E-state index contributed by atoms with van der Waals surface area (Å²) >= 11 is 0. The molecule has 4 atom stereocenters. The standard InChI is InChI=1S/C35H43F2N9O4.C30H35F2N9O2/c1-35(2,3)50-34(49)45-15-13-44(14-16-45)27-11-9-22(18-25(27)37)41-32-29(31(39)47)40-19-28(43-32)46-12-4-5-26(30(46)38)42-33(48)23-10-8-21(17-24(23)36)20-6-7-20;31-21-14-18(17-3-4-17)5-7-20(21)30(43)38-23-2-1-11-41(27(23)33)25-16-36-26(28(34)42)29(39-25)37-19-6-8-24(22(32)15-19)40-12-9-35-10-13-40/h8-11,17-20,26,30H,4-7,12-16,38H2,1-3H3,(H2,39,47)(H,41,43)(H,42,48);5-8,14-17,23,27,35H,1-4,9-13,33H2,(H2,34,42)(H,37,39)(H,38,43)/t26-,30+;23-,27+/m11/s1. The average molecular weight is 1280 g/mol. The summed E-state index contributed by atoms with van der Waals surface area (Å²) < 4.78 is 65.5. The number of hydrogen-bond donors (Lipinski definition) is 9.